The lowest BCUT2D eigenvalue weighted by Crippen LogP contribution is -2.39. The van der Waals surface area contributed by atoms with Crippen LogP contribution in [0.15, 0.2) is 30.3 Å². The first-order valence-corrected chi connectivity index (χ1v) is 10.4. The van der Waals surface area contributed by atoms with Crippen molar-refractivity contribution in [3.05, 3.63) is 47.2 Å². The molecule has 3 N–H and O–H groups in total. The number of amides is 1. The standard InChI is InChI=1S/C22H24F3N5O2/c1-32-14-8-5-13(6-9-14)7-10-18(31)30-11-3-2-4-17(30)16-12-15(22(23,24)25)19-20(26)28-29-21(19)27-16/h5-6,8-9,12,17H,2-4,7,10-11H2,1H3,(H3,26,27,28,29). The fourth-order valence-corrected chi connectivity index (χ4v) is 4.19. The maximum Gasteiger partial charge on any atom is 0.417 e. The molecule has 0 radical (unpaired) electrons. The van der Waals surface area contributed by atoms with E-state index in [1.807, 2.05) is 24.3 Å². The van der Waals surface area contributed by atoms with E-state index in [9.17, 15) is 18.0 Å². The van der Waals surface area contributed by atoms with Crippen molar-refractivity contribution in [2.45, 2.75) is 44.3 Å². The number of hydrogen-bond acceptors (Lipinski definition) is 5. The Bertz CT molecular complexity index is 1110. The first-order chi connectivity index (χ1) is 15.3. The van der Waals surface area contributed by atoms with Crippen molar-refractivity contribution in [3.8, 4) is 5.75 Å². The second kappa shape index (κ2) is 8.68. The Labute approximate surface area is 182 Å². The number of pyridine rings is 1. The number of benzene rings is 1. The molecule has 1 amide bonds. The van der Waals surface area contributed by atoms with E-state index in [0.29, 0.717) is 19.4 Å². The van der Waals surface area contributed by atoms with E-state index in [4.69, 9.17) is 10.5 Å². The molecule has 7 nitrogen and oxygen atoms in total. The molecule has 0 bridgehead atoms. The van der Waals surface area contributed by atoms with Gasteiger partial charge in [-0.1, -0.05) is 12.1 Å². The number of aromatic amines is 1. The summed E-state index contributed by atoms with van der Waals surface area (Å²) in [4.78, 5) is 19.0. The van der Waals surface area contributed by atoms with Gasteiger partial charge in [-0.3, -0.25) is 9.89 Å². The number of nitrogen functional groups attached to an aromatic ring is 1. The van der Waals surface area contributed by atoms with Gasteiger partial charge < -0.3 is 15.4 Å². The third-order valence-electron chi connectivity index (χ3n) is 5.83. The molecule has 0 saturated carbocycles. The Balaban J connectivity index is 1.59. The van der Waals surface area contributed by atoms with Crippen LogP contribution in [0.2, 0.25) is 0 Å². The van der Waals surface area contributed by atoms with Crippen LogP contribution in [0.1, 0.15) is 48.5 Å². The van der Waals surface area contributed by atoms with Gasteiger partial charge in [0.2, 0.25) is 5.91 Å². The summed E-state index contributed by atoms with van der Waals surface area (Å²) in [5, 5.41) is 5.97. The summed E-state index contributed by atoms with van der Waals surface area (Å²) >= 11 is 0. The van der Waals surface area contributed by atoms with Crippen LogP contribution in [0.4, 0.5) is 19.0 Å². The van der Waals surface area contributed by atoms with Crippen LogP contribution in [0.3, 0.4) is 0 Å². The zero-order valence-corrected chi connectivity index (χ0v) is 17.6. The number of aromatic nitrogens is 3. The number of aryl methyl sites for hydroxylation is 1. The number of nitrogens with zero attached hydrogens (tertiary/aromatic N) is 3. The Morgan fingerprint density at radius 2 is 2.03 bits per heavy atom. The third kappa shape index (κ3) is 4.35. The number of H-pyrrole nitrogens is 1. The zero-order valence-electron chi connectivity index (χ0n) is 17.6. The summed E-state index contributed by atoms with van der Waals surface area (Å²) in [6.45, 7) is 0.482. The summed E-state index contributed by atoms with van der Waals surface area (Å²) in [5.74, 6) is 0.446. The van der Waals surface area contributed by atoms with Gasteiger partial charge in [0.05, 0.1) is 29.8 Å². The Kier molecular flexibility index (Phi) is 5.94. The molecule has 1 aromatic carbocycles. The fourth-order valence-electron chi connectivity index (χ4n) is 4.19. The molecular weight excluding hydrogens is 423 g/mol. The van der Waals surface area contributed by atoms with Crippen molar-refractivity contribution in [1.29, 1.82) is 0 Å². The van der Waals surface area contributed by atoms with Crippen LogP contribution >= 0.6 is 0 Å². The smallest absolute Gasteiger partial charge is 0.417 e. The summed E-state index contributed by atoms with van der Waals surface area (Å²) in [7, 11) is 1.59. The number of carbonyl (C=O) groups is 1. The number of fused-ring (bicyclic) bond motifs is 1. The predicted molar refractivity (Wildman–Crippen MR) is 113 cm³/mol. The lowest BCUT2D eigenvalue weighted by Gasteiger charge is -2.35. The van der Waals surface area contributed by atoms with E-state index < -0.39 is 17.8 Å². The first kappa shape index (κ1) is 21.9. The minimum atomic E-state index is -4.62. The van der Waals surface area contributed by atoms with Crippen molar-refractivity contribution >= 4 is 22.8 Å². The normalized spacial score (nSPS) is 17.0. The number of halogens is 3. The molecule has 2 aromatic heterocycles. The topological polar surface area (TPSA) is 97.1 Å². The van der Waals surface area contributed by atoms with E-state index in [1.165, 1.54) is 0 Å². The maximum absolute atomic E-state index is 13.7. The number of methoxy groups -OCH3 is 1. The van der Waals surface area contributed by atoms with E-state index in [0.717, 1.165) is 30.2 Å². The number of piperidine rings is 1. The van der Waals surface area contributed by atoms with Gasteiger partial charge >= 0.3 is 6.18 Å². The Morgan fingerprint density at radius 3 is 2.72 bits per heavy atom. The molecule has 3 heterocycles. The second-order valence-corrected chi connectivity index (χ2v) is 7.88. The number of anilines is 1. The summed E-state index contributed by atoms with van der Waals surface area (Å²) in [5.41, 5.74) is 5.85. The SMILES string of the molecule is COc1ccc(CCC(=O)N2CCCCC2c2cc(C(F)(F)F)c3c(N)[nH]nc3n2)cc1. The highest BCUT2D eigenvalue weighted by molar-refractivity contribution is 5.90. The quantitative estimate of drug-likeness (QED) is 0.609. The van der Waals surface area contributed by atoms with Crippen LogP contribution < -0.4 is 10.5 Å². The van der Waals surface area contributed by atoms with Gasteiger partial charge in [0.25, 0.3) is 0 Å². The first-order valence-electron chi connectivity index (χ1n) is 10.4. The summed E-state index contributed by atoms with van der Waals surface area (Å²) < 4.78 is 46.3. The van der Waals surface area contributed by atoms with Gasteiger partial charge in [-0.05, 0) is 49.4 Å². The number of nitrogens with two attached hydrogens (primary N) is 1. The van der Waals surface area contributed by atoms with Crippen LogP contribution in [0.5, 0.6) is 5.75 Å². The lowest BCUT2D eigenvalue weighted by atomic mass is 9.96. The number of carbonyl (C=O) groups excluding carboxylic acids is 1. The van der Waals surface area contributed by atoms with E-state index in [-0.39, 0.29) is 34.9 Å². The molecule has 1 saturated heterocycles. The largest absolute Gasteiger partial charge is 0.497 e. The molecule has 0 aliphatic carbocycles. The maximum atomic E-state index is 13.7. The average molecular weight is 447 g/mol. The molecule has 10 heteroatoms. The predicted octanol–water partition coefficient (Wildman–Crippen LogP) is 4.25. The number of rotatable bonds is 5. The van der Waals surface area contributed by atoms with Gasteiger partial charge in [-0.2, -0.15) is 18.3 Å². The third-order valence-corrected chi connectivity index (χ3v) is 5.83. The zero-order chi connectivity index (χ0) is 22.9. The molecule has 4 rings (SSSR count). The van der Waals surface area contributed by atoms with E-state index in [2.05, 4.69) is 15.2 Å². The Morgan fingerprint density at radius 1 is 1.28 bits per heavy atom. The van der Waals surface area contributed by atoms with Crippen LogP contribution in [0, 0.1) is 0 Å². The number of likely N-dealkylation sites (tertiary alicyclic amines) is 1. The summed E-state index contributed by atoms with van der Waals surface area (Å²) in [6, 6.07) is 7.93. The molecule has 1 aliphatic heterocycles. The van der Waals surface area contributed by atoms with E-state index in [1.54, 1.807) is 12.0 Å². The molecule has 0 spiro atoms. The fraction of sp³-hybridized carbons (Fsp3) is 0.409. The highest BCUT2D eigenvalue weighted by Gasteiger charge is 2.37. The molecule has 3 aromatic rings. The number of ether oxygens (including phenoxy) is 1. The van der Waals surface area contributed by atoms with Crippen molar-refractivity contribution in [1.82, 2.24) is 20.1 Å². The average Bonchev–Trinajstić information content (AvgIpc) is 3.17. The summed E-state index contributed by atoms with van der Waals surface area (Å²) in [6.07, 6.45) is -1.68. The highest BCUT2D eigenvalue weighted by Crippen LogP contribution is 2.39. The van der Waals surface area contributed by atoms with Gasteiger partial charge in [-0.15, -0.1) is 0 Å². The second-order valence-electron chi connectivity index (χ2n) is 7.88. The number of alkyl halides is 3. The molecular formula is C22H24F3N5O2. The molecule has 32 heavy (non-hydrogen) atoms. The van der Waals surface area contributed by atoms with Gasteiger partial charge in [0, 0.05) is 13.0 Å². The number of hydrogen-bond donors (Lipinski definition) is 2. The van der Waals surface area contributed by atoms with Gasteiger partial charge in [0.15, 0.2) is 5.65 Å². The lowest BCUT2D eigenvalue weighted by molar-refractivity contribution is -0.136. The van der Waals surface area contributed by atoms with Crippen molar-refractivity contribution < 1.29 is 22.7 Å². The van der Waals surface area contributed by atoms with Crippen LogP contribution in [-0.4, -0.2) is 39.6 Å². The van der Waals surface area contributed by atoms with Crippen molar-refractivity contribution in [2.75, 3.05) is 19.4 Å². The van der Waals surface area contributed by atoms with Crippen LogP contribution in [-0.2, 0) is 17.4 Å². The minimum Gasteiger partial charge on any atom is -0.497 e. The van der Waals surface area contributed by atoms with Gasteiger partial charge in [-0.25, -0.2) is 4.98 Å². The molecule has 1 unspecified atom stereocenters. The van der Waals surface area contributed by atoms with E-state index >= 15 is 0 Å². The van der Waals surface area contributed by atoms with Crippen molar-refractivity contribution in [3.63, 3.8) is 0 Å². The highest BCUT2D eigenvalue weighted by atomic mass is 19.4. The Hall–Kier alpha value is -3.30. The monoisotopic (exact) mass is 447 g/mol. The number of nitrogens with one attached hydrogen (secondary N) is 1. The molecule has 170 valence electrons. The van der Waals surface area contributed by atoms with Crippen LogP contribution in [0.25, 0.3) is 11.0 Å². The molecule has 1 atom stereocenters. The molecule has 1 fully saturated rings. The van der Waals surface area contributed by atoms with Crippen molar-refractivity contribution in [2.24, 2.45) is 0 Å². The minimum absolute atomic E-state index is 0.0940. The van der Waals surface area contributed by atoms with Gasteiger partial charge in [0.1, 0.15) is 11.6 Å². The molecule has 1 aliphatic rings.